The maximum Gasteiger partial charge on any atom is 0.0707 e. The number of nitrogens with one attached hydrogen (secondary N) is 1. The first-order chi connectivity index (χ1) is 9.01. The molecule has 0 saturated carbocycles. The highest BCUT2D eigenvalue weighted by Crippen LogP contribution is 2.29. The van der Waals surface area contributed by atoms with Gasteiger partial charge in [-0.05, 0) is 42.7 Å². The van der Waals surface area contributed by atoms with E-state index in [-0.39, 0.29) is 0 Å². The molecule has 0 saturated heterocycles. The van der Waals surface area contributed by atoms with Gasteiger partial charge in [0.15, 0.2) is 0 Å². The monoisotopic (exact) mass is 347 g/mol. The van der Waals surface area contributed by atoms with E-state index >= 15 is 0 Å². The van der Waals surface area contributed by atoms with Crippen molar-refractivity contribution < 1.29 is 0 Å². The Bertz CT molecular complexity index is 379. The smallest absolute Gasteiger partial charge is 0.0707 e. The molecule has 0 spiro atoms. The van der Waals surface area contributed by atoms with E-state index in [0.29, 0.717) is 17.3 Å². The van der Waals surface area contributed by atoms with Crippen LogP contribution in [-0.4, -0.2) is 27.3 Å². The van der Waals surface area contributed by atoms with Crippen LogP contribution < -0.4 is 5.32 Å². The summed E-state index contributed by atoms with van der Waals surface area (Å²) in [5, 5.41) is 8.78. The van der Waals surface area contributed by atoms with Crippen LogP contribution in [0.1, 0.15) is 58.8 Å². The van der Waals surface area contributed by atoms with Crippen molar-refractivity contribution in [1.29, 1.82) is 0 Å². The highest BCUT2D eigenvalue weighted by molar-refractivity contribution is 9.10. The molecule has 2 unspecified atom stereocenters. The summed E-state index contributed by atoms with van der Waals surface area (Å²) in [6, 6.07) is 0.735. The summed E-state index contributed by atoms with van der Waals surface area (Å²) in [6.45, 7) is 12.0. The number of hydrogen-bond donors (Lipinski definition) is 1. The zero-order chi connectivity index (χ0) is 14.4. The summed E-state index contributed by atoms with van der Waals surface area (Å²) in [5.74, 6) is 1.08. The van der Waals surface area contributed by atoms with Gasteiger partial charge < -0.3 is 5.32 Å². The van der Waals surface area contributed by atoms with Crippen LogP contribution >= 0.6 is 27.7 Å². The summed E-state index contributed by atoms with van der Waals surface area (Å²) in [7, 11) is 0. The third kappa shape index (κ3) is 4.80. The molecule has 0 aliphatic carbocycles. The van der Waals surface area contributed by atoms with Gasteiger partial charge in [-0.15, -0.1) is 0 Å². The molecule has 3 nitrogen and oxygen atoms in total. The predicted molar refractivity (Wildman–Crippen MR) is 88.9 cm³/mol. The Morgan fingerprint density at radius 1 is 1.37 bits per heavy atom. The van der Waals surface area contributed by atoms with Crippen molar-refractivity contribution in [3.05, 3.63) is 16.4 Å². The molecule has 110 valence electrons. The van der Waals surface area contributed by atoms with E-state index in [4.69, 9.17) is 0 Å². The van der Waals surface area contributed by atoms with Gasteiger partial charge in [0.2, 0.25) is 0 Å². The first-order valence-electron chi connectivity index (χ1n) is 7.09. The highest BCUT2D eigenvalue weighted by atomic mass is 79.9. The van der Waals surface area contributed by atoms with E-state index in [0.717, 1.165) is 16.8 Å². The average molecular weight is 348 g/mol. The van der Waals surface area contributed by atoms with Gasteiger partial charge in [-0.25, -0.2) is 0 Å². The predicted octanol–water partition coefficient (Wildman–Crippen LogP) is 4.41. The fourth-order valence-electron chi connectivity index (χ4n) is 1.95. The van der Waals surface area contributed by atoms with Crippen LogP contribution in [0, 0.1) is 0 Å². The highest BCUT2D eigenvalue weighted by Gasteiger charge is 2.21. The Labute approximate surface area is 130 Å². The van der Waals surface area contributed by atoms with E-state index in [1.54, 1.807) is 0 Å². The van der Waals surface area contributed by atoms with Crippen molar-refractivity contribution in [1.82, 2.24) is 15.1 Å². The SMILES string of the molecule is CCNC(CSC(C)CC)c1c(Br)cnn1C(C)C. The van der Waals surface area contributed by atoms with E-state index < -0.39 is 0 Å². The number of aromatic nitrogens is 2. The lowest BCUT2D eigenvalue weighted by molar-refractivity contribution is 0.467. The molecule has 1 rings (SSSR count). The maximum atomic E-state index is 4.49. The quantitative estimate of drug-likeness (QED) is 0.755. The average Bonchev–Trinajstić information content (AvgIpc) is 2.76. The van der Waals surface area contributed by atoms with Crippen molar-refractivity contribution in [3.63, 3.8) is 0 Å². The third-order valence-electron chi connectivity index (χ3n) is 3.18. The van der Waals surface area contributed by atoms with Crippen LogP contribution in [0.5, 0.6) is 0 Å². The summed E-state index contributed by atoms with van der Waals surface area (Å²) in [4.78, 5) is 0. The number of rotatable bonds is 8. The van der Waals surface area contributed by atoms with Crippen molar-refractivity contribution in [2.24, 2.45) is 0 Å². The van der Waals surface area contributed by atoms with Crippen LogP contribution in [0.4, 0.5) is 0 Å². The second-order valence-electron chi connectivity index (χ2n) is 5.08. The zero-order valence-corrected chi connectivity index (χ0v) is 15.0. The van der Waals surface area contributed by atoms with Crippen molar-refractivity contribution >= 4 is 27.7 Å². The molecule has 19 heavy (non-hydrogen) atoms. The van der Waals surface area contributed by atoms with Crippen molar-refractivity contribution in [2.75, 3.05) is 12.3 Å². The van der Waals surface area contributed by atoms with Gasteiger partial charge >= 0.3 is 0 Å². The first-order valence-corrected chi connectivity index (χ1v) is 8.93. The Morgan fingerprint density at radius 3 is 2.58 bits per heavy atom. The lowest BCUT2D eigenvalue weighted by Crippen LogP contribution is -2.27. The summed E-state index contributed by atoms with van der Waals surface area (Å²) in [6.07, 6.45) is 3.13. The van der Waals surface area contributed by atoms with E-state index in [9.17, 15) is 0 Å². The van der Waals surface area contributed by atoms with Crippen molar-refractivity contribution in [2.45, 2.75) is 58.4 Å². The lowest BCUT2D eigenvalue weighted by Gasteiger charge is -2.22. The van der Waals surface area contributed by atoms with Gasteiger partial charge in [0.1, 0.15) is 0 Å². The second-order valence-corrected chi connectivity index (χ2v) is 7.40. The molecular formula is C14H26BrN3S. The zero-order valence-electron chi connectivity index (χ0n) is 12.6. The van der Waals surface area contributed by atoms with Gasteiger partial charge in [-0.3, -0.25) is 4.68 Å². The van der Waals surface area contributed by atoms with Crippen LogP contribution in [0.15, 0.2) is 10.7 Å². The number of hydrogen-bond acceptors (Lipinski definition) is 3. The molecule has 5 heteroatoms. The second kappa shape index (κ2) is 8.32. The third-order valence-corrected chi connectivity index (χ3v) is 5.22. The fraction of sp³-hybridized carbons (Fsp3) is 0.786. The van der Waals surface area contributed by atoms with Crippen LogP contribution in [-0.2, 0) is 0 Å². The minimum atomic E-state index is 0.350. The van der Waals surface area contributed by atoms with E-state index in [1.165, 1.54) is 12.1 Å². The Balaban J connectivity index is 2.88. The molecule has 0 radical (unpaired) electrons. The largest absolute Gasteiger partial charge is 0.308 e. The standard InChI is InChI=1S/C14H26BrN3S/c1-6-11(5)19-9-13(16-7-2)14-12(15)8-17-18(14)10(3)4/h8,10-11,13,16H,6-7,9H2,1-5H3. The van der Waals surface area contributed by atoms with Gasteiger partial charge in [0.05, 0.1) is 22.4 Å². The first kappa shape index (κ1) is 17.1. The maximum absolute atomic E-state index is 4.49. The molecule has 0 aliphatic rings. The topological polar surface area (TPSA) is 29.9 Å². The van der Waals surface area contributed by atoms with Crippen LogP contribution in [0.2, 0.25) is 0 Å². The molecule has 1 heterocycles. The van der Waals surface area contributed by atoms with E-state index in [2.05, 4.69) is 65.6 Å². The molecule has 0 amide bonds. The van der Waals surface area contributed by atoms with Gasteiger partial charge in [0, 0.05) is 17.0 Å². The Kier molecular flexibility index (Phi) is 7.47. The van der Waals surface area contributed by atoms with Gasteiger partial charge in [-0.1, -0.05) is 20.8 Å². The molecule has 0 aromatic carbocycles. The Morgan fingerprint density at radius 2 is 2.05 bits per heavy atom. The molecule has 1 aromatic rings. The number of thioether (sulfide) groups is 1. The van der Waals surface area contributed by atoms with E-state index in [1.807, 2.05) is 18.0 Å². The van der Waals surface area contributed by atoms with Crippen LogP contribution in [0.3, 0.4) is 0 Å². The summed E-state index contributed by atoms with van der Waals surface area (Å²) in [5.41, 5.74) is 1.27. The molecule has 1 N–H and O–H groups in total. The fourth-order valence-corrected chi connectivity index (χ4v) is 3.53. The minimum absolute atomic E-state index is 0.350. The Hall–Kier alpha value is 0. The minimum Gasteiger partial charge on any atom is -0.308 e. The molecular weight excluding hydrogens is 322 g/mol. The van der Waals surface area contributed by atoms with Gasteiger partial charge in [0.25, 0.3) is 0 Å². The van der Waals surface area contributed by atoms with Crippen molar-refractivity contribution in [3.8, 4) is 0 Å². The lowest BCUT2D eigenvalue weighted by atomic mass is 10.2. The molecule has 1 aromatic heterocycles. The summed E-state index contributed by atoms with van der Waals surface area (Å²) >= 11 is 5.67. The normalized spacial score (nSPS) is 14.9. The van der Waals surface area contributed by atoms with Gasteiger partial charge in [-0.2, -0.15) is 16.9 Å². The summed E-state index contributed by atoms with van der Waals surface area (Å²) < 4.78 is 3.23. The molecule has 0 fully saturated rings. The molecule has 0 bridgehead atoms. The molecule has 0 aliphatic heterocycles. The number of halogens is 1. The molecule has 2 atom stereocenters. The number of nitrogens with zero attached hydrogens (tertiary/aromatic N) is 2. The van der Waals surface area contributed by atoms with Crippen LogP contribution in [0.25, 0.3) is 0 Å².